The summed E-state index contributed by atoms with van der Waals surface area (Å²) in [6.07, 6.45) is 0. The first-order chi connectivity index (χ1) is 27.1. The molecule has 0 aliphatic heterocycles. The normalized spacial score (nSPS) is 13.8. The lowest BCUT2D eigenvalue weighted by atomic mass is 9.81. The third kappa shape index (κ3) is 6.10. The molecule has 8 aromatic rings. The first-order valence-electron chi connectivity index (χ1n) is 19.4. The fraction of sp³-hybridized carbons (Fsp3) is 0.111. The van der Waals surface area contributed by atoms with Gasteiger partial charge in [0.2, 0.25) is 0 Å². The summed E-state index contributed by atoms with van der Waals surface area (Å²) in [5.74, 6) is 0. The first kappa shape index (κ1) is 35.7. The lowest BCUT2D eigenvalue weighted by Crippen LogP contribution is -2.14. The summed E-state index contributed by atoms with van der Waals surface area (Å²) >= 11 is 3.65. The van der Waals surface area contributed by atoms with Crippen LogP contribution in [-0.2, 0) is 10.8 Å². The monoisotopic (exact) mass is 785 g/mol. The molecule has 272 valence electrons. The van der Waals surface area contributed by atoms with E-state index in [0.717, 1.165) is 10.2 Å². The van der Waals surface area contributed by atoms with Crippen LogP contribution in [0.25, 0.3) is 66.8 Å². The van der Waals surface area contributed by atoms with Crippen LogP contribution in [0.3, 0.4) is 0 Å². The van der Waals surface area contributed by atoms with E-state index in [4.69, 9.17) is 5.73 Å². The van der Waals surface area contributed by atoms with E-state index >= 15 is 0 Å². The highest BCUT2D eigenvalue weighted by Crippen LogP contribution is 2.51. The van der Waals surface area contributed by atoms with E-state index in [-0.39, 0.29) is 10.8 Å². The average Bonchev–Trinajstić information content (AvgIpc) is 3.60. The predicted octanol–water partition coefficient (Wildman–Crippen LogP) is 15.0. The summed E-state index contributed by atoms with van der Waals surface area (Å²) in [5, 5.41) is 0. The molecule has 0 unspecified atom stereocenters. The second kappa shape index (κ2) is 14.0. The SMILES string of the molecule is CC1(C)c2ccccc2-c2ccc(-c3ccc(Br)cc3-c3ccccc3)cc21.CC1(C)c2ccccc2-c2ccc(-c3ccc(N)cc3-c3ccccc3)cc21. The third-order valence-electron chi connectivity index (χ3n) is 12.0. The predicted molar refractivity (Wildman–Crippen MR) is 242 cm³/mol. The Morgan fingerprint density at radius 2 is 0.714 bits per heavy atom. The van der Waals surface area contributed by atoms with Gasteiger partial charge in [-0.25, -0.2) is 0 Å². The van der Waals surface area contributed by atoms with Crippen molar-refractivity contribution < 1.29 is 0 Å². The molecule has 0 atom stereocenters. The zero-order valence-corrected chi connectivity index (χ0v) is 33.9. The smallest absolute Gasteiger partial charge is 0.0320 e. The molecule has 2 N–H and O–H groups in total. The van der Waals surface area contributed by atoms with Gasteiger partial charge in [0, 0.05) is 21.0 Å². The Kier molecular flexibility index (Phi) is 8.91. The first-order valence-corrected chi connectivity index (χ1v) is 20.2. The van der Waals surface area contributed by atoms with Crippen LogP contribution in [0, 0.1) is 0 Å². The van der Waals surface area contributed by atoms with Crippen LogP contribution in [0.5, 0.6) is 0 Å². The molecule has 0 saturated carbocycles. The number of nitrogens with two attached hydrogens (primary N) is 1. The molecular formula is C54H44BrN. The molecule has 2 aliphatic rings. The highest BCUT2D eigenvalue weighted by Gasteiger charge is 2.36. The number of fused-ring (bicyclic) bond motifs is 6. The topological polar surface area (TPSA) is 26.0 Å². The zero-order valence-electron chi connectivity index (χ0n) is 32.3. The molecule has 56 heavy (non-hydrogen) atoms. The lowest BCUT2D eigenvalue weighted by molar-refractivity contribution is 0.660. The molecule has 2 heteroatoms. The second-order valence-electron chi connectivity index (χ2n) is 16.1. The molecule has 2 aliphatic carbocycles. The highest BCUT2D eigenvalue weighted by molar-refractivity contribution is 9.10. The number of halogens is 1. The maximum Gasteiger partial charge on any atom is 0.0320 e. The number of hydrogen-bond donors (Lipinski definition) is 1. The van der Waals surface area contributed by atoms with Crippen LogP contribution in [0.15, 0.2) is 186 Å². The van der Waals surface area contributed by atoms with E-state index in [1.807, 2.05) is 12.1 Å². The van der Waals surface area contributed by atoms with E-state index in [9.17, 15) is 0 Å². The molecule has 10 rings (SSSR count). The van der Waals surface area contributed by atoms with Gasteiger partial charge >= 0.3 is 0 Å². The molecule has 0 bridgehead atoms. The second-order valence-corrected chi connectivity index (χ2v) is 17.0. The van der Waals surface area contributed by atoms with E-state index in [1.165, 1.54) is 89.0 Å². The molecule has 0 radical (unpaired) electrons. The van der Waals surface area contributed by atoms with Crippen LogP contribution in [0.1, 0.15) is 49.9 Å². The Labute approximate surface area is 339 Å². The van der Waals surface area contributed by atoms with E-state index in [0.29, 0.717) is 0 Å². The maximum atomic E-state index is 6.13. The summed E-state index contributed by atoms with van der Waals surface area (Å²) in [5.41, 5.74) is 27.8. The van der Waals surface area contributed by atoms with Crippen LogP contribution in [0.4, 0.5) is 5.69 Å². The molecule has 0 aromatic heterocycles. The third-order valence-corrected chi connectivity index (χ3v) is 12.5. The quantitative estimate of drug-likeness (QED) is 0.177. The van der Waals surface area contributed by atoms with Gasteiger partial charge in [-0.3, -0.25) is 0 Å². The molecule has 0 spiro atoms. The van der Waals surface area contributed by atoms with Gasteiger partial charge in [0.25, 0.3) is 0 Å². The van der Waals surface area contributed by atoms with Crippen molar-refractivity contribution >= 4 is 21.6 Å². The van der Waals surface area contributed by atoms with E-state index in [1.54, 1.807) is 0 Å². The summed E-state index contributed by atoms with van der Waals surface area (Å²) < 4.78 is 1.10. The molecule has 1 nitrogen and oxygen atoms in total. The molecular weight excluding hydrogens is 743 g/mol. The highest BCUT2D eigenvalue weighted by atomic mass is 79.9. The number of rotatable bonds is 4. The minimum absolute atomic E-state index is 0.00263. The van der Waals surface area contributed by atoms with Crippen LogP contribution >= 0.6 is 15.9 Å². The van der Waals surface area contributed by atoms with Crippen molar-refractivity contribution in [3.8, 4) is 66.8 Å². The lowest BCUT2D eigenvalue weighted by Gasteiger charge is -2.22. The molecule has 0 amide bonds. The summed E-state index contributed by atoms with van der Waals surface area (Å²) in [4.78, 5) is 0. The van der Waals surface area contributed by atoms with Gasteiger partial charge in [-0.15, -0.1) is 0 Å². The Balaban J connectivity index is 0.000000146. The van der Waals surface area contributed by atoms with Gasteiger partial charge in [-0.1, -0.05) is 189 Å². The summed E-state index contributed by atoms with van der Waals surface area (Å²) in [6.45, 7) is 9.31. The number of anilines is 1. The zero-order chi connectivity index (χ0) is 38.6. The Hall–Kier alpha value is -5.96. The molecule has 8 aromatic carbocycles. The van der Waals surface area contributed by atoms with Gasteiger partial charge in [0.15, 0.2) is 0 Å². The average molecular weight is 787 g/mol. The van der Waals surface area contributed by atoms with Gasteiger partial charge < -0.3 is 5.73 Å². The summed E-state index contributed by atoms with van der Waals surface area (Å²) in [6, 6.07) is 65.3. The fourth-order valence-corrected chi connectivity index (χ4v) is 9.40. The van der Waals surface area contributed by atoms with Gasteiger partial charge in [-0.2, -0.15) is 0 Å². The van der Waals surface area contributed by atoms with Crippen LogP contribution < -0.4 is 5.73 Å². The Morgan fingerprint density at radius 3 is 1.21 bits per heavy atom. The molecule has 0 fully saturated rings. The Morgan fingerprint density at radius 1 is 0.321 bits per heavy atom. The number of nitrogen functional groups attached to an aromatic ring is 1. The van der Waals surface area contributed by atoms with Crippen molar-refractivity contribution in [2.24, 2.45) is 0 Å². The number of hydrogen-bond acceptors (Lipinski definition) is 1. The van der Waals surface area contributed by atoms with E-state index < -0.39 is 0 Å². The minimum Gasteiger partial charge on any atom is -0.399 e. The largest absolute Gasteiger partial charge is 0.399 e. The van der Waals surface area contributed by atoms with Crippen molar-refractivity contribution in [3.63, 3.8) is 0 Å². The minimum atomic E-state index is 0.00263. The van der Waals surface area contributed by atoms with Crippen LogP contribution in [-0.4, -0.2) is 0 Å². The molecule has 0 heterocycles. The van der Waals surface area contributed by atoms with Crippen molar-refractivity contribution in [2.45, 2.75) is 38.5 Å². The van der Waals surface area contributed by atoms with Gasteiger partial charge in [-0.05, 0) is 125 Å². The maximum absolute atomic E-state index is 6.13. The van der Waals surface area contributed by atoms with Crippen molar-refractivity contribution in [3.05, 3.63) is 209 Å². The van der Waals surface area contributed by atoms with Crippen molar-refractivity contribution in [1.82, 2.24) is 0 Å². The standard InChI is InChI=1S/C27H21Br.C27H23N/c2*1-27(2)25-11-7-6-10-22(25)23-14-12-19(16-26(23)27)21-15-13-20(28)17-24(21)18-8-4-3-5-9-18/h3-17H,1-2H3;3-17H,28H2,1-2H3. The van der Waals surface area contributed by atoms with Gasteiger partial charge in [0.05, 0.1) is 0 Å². The van der Waals surface area contributed by atoms with Crippen LogP contribution in [0.2, 0.25) is 0 Å². The molecule has 0 saturated heterocycles. The van der Waals surface area contributed by atoms with E-state index in [2.05, 4.69) is 213 Å². The summed E-state index contributed by atoms with van der Waals surface area (Å²) in [7, 11) is 0. The fourth-order valence-electron chi connectivity index (χ4n) is 9.04. The van der Waals surface area contributed by atoms with Crippen molar-refractivity contribution in [2.75, 3.05) is 5.73 Å². The van der Waals surface area contributed by atoms with Gasteiger partial charge in [0.1, 0.15) is 0 Å². The Bertz CT molecular complexity index is 2570. The number of benzene rings is 8. The van der Waals surface area contributed by atoms with Crippen molar-refractivity contribution in [1.29, 1.82) is 0 Å².